The fourth-order valence-electron chi connectivity index (χ4n) is 1.67. The first-order chi connectivity index (χ1) is 8.11. The lowest BCUT2D eigenvalue weighted by molar-refractivity contribution is 0.487. The minimum absolute atomic E-state index is 0.509. The summed E-state index contributed by atoms with van der Waals surface area (Å²) >= 11 is 0. The van der Waals surface area contributed by atoms with Crippen molar-refractivity contribution >= 4 is 5.96 Å². The summed E-state index contributed by atoms with van der Waals surface area (Å²) in [5.74, 6) is 0.595. The highest BCUT2D eigenvalue weighted by atomic mass is 15.5. The largest absolute Gasteiger partial charge is 0.370 e. The molecule has 1 fully saturated rings. The third-order valence-corrected chi connectivity index (χ3v) is 3.05. The van der Waals surface area contributed by atoms with Crippen molar-refractivity contribution in [1.29, 1.82) is 0 Å². The molecule has 1 aliphatic rings. The number of guanidine groups is 1. The van der Waals surface area contributed by atoms with Crippen LogP contribution < -0.4 is 5.73 Å². The van der Waals surface area contributed by atoms with Gasteiger partial charge < -0.3 is 10.6 Å². The molecule has 1 aliphatic carbocycles. The number of nitrogens with zero attached hydrogens (tertiary/aromatic N) is 5. The van der Waals surface area contributed by atoms with Crippen LogP contribution in [-0.4, -0.2) is 38.9 Å². The first kappa shape index (κ1) is 11.9. The average molecular weight is 236 g/mol. The fourth-order valence-corrected chi connectivity index (χ4v) is 1.67. The van der Waals surface area contributed by atoms with Gasteiger partial charge in [0.25, 0.3) is 0 Å². The summed E-state index contributed by atoms with van der Waals surface area (Å²) in [5.41, 5.74) is 7.75. The lowest BCUT2D eigenvalue weighted by Crippen LogP contribution is -2.35. The summed E-state index contributed by atoms with van der Waals surface area (Å²) in [5, 5.41) is 8.63. The predicted octanol–water partition coefficient (Wildman–Crippen LogP) is 0.515. The van der Waals surface area contributed by atoms with E-state index in [1.165, 1.54) is 12.8 Å². The van der Waals surface area contributed by atoms with Gasteiger partial charge in [0.1, 0.15) is 5.69 Å². The maximum absolute atomic E-state index is 5.92. The summed E-state index contributed by atoms with van der Waals surface area (Å²) < 4.78 is 0. The molecule has 1 saturated carbocycles. The molecule has 0 radical (unpaired) electrons. The first-order valence-electron chi connectivity index (χ1n) is 6.05. The Morgan fingerprint density at radius 1 is 1.53 bits per heavy atom. The molecule has 6 nitrogen and oxygen atoms in total. The molecule has 2 rings (SSSR count). The maximum Gasteiger partial charge on any atom is 0.191 e. The lowest BCUT2D eigenvalue weighted by atomic mass is 10.3. The van der Waals surface area contributed by atoms with Crippen molar-refractivity contribution in [2.45, 2.75) is 45.8 Å². The second kappa shape index (κ2) is 4.73. The van der Waals surface area contributed by atoms with Crippen molar-refractivity contribution in [3.63, 3.8) is 0 Å². The fraction of sp³-hybridized carbons (Fsp3) is 0.727. The number of aromatic nitrogens is 3. The van der Waals surface area contributed by atoms with Crippen molar-refractivity contribution in [2.24, 2.45) is 10.7 Å². The Kier molecular flexibility index (Phi) is 3.31. The first-order valence-corrected chi connectivity index (χ1v) is 6.05. The summed E-state index contributed by atoms with van der Waals surface area (Å²) in [6, 6.07) is 0.589. The van der Waals surface area contributed by atoms with Gasteiger partial charge in [0, 0.05) is 13.1 Å². The summed E-state index contributed by atoms with van der Waals surface area (Å²) in [6.45, 7) is 5.25. The molecular formula is C11H20N6. The van der Waals surface area contributed by atoms with E-state index in [1.54, 1.807) is 4.80 Å². The maximum atomic E-state index is 5.92. The van der Waals surface area contributed by atoms with E-state index in [4.69, 9.17) is 5.73 Å². The number of nitrogens with two attached hydrogens (primary N) is 1. The van der Waals surface area contributed by atoms with Crippen LogP contribution in [0.3, 0.4) is 0 Å². The van der Waals surface area contributed by atoms with Crippen LogP contribution in [0.15, 0.2) is 4.99 Å². The number of aliphatic imine (C=N–C) groups is 1. The van der Waals surface area contributed by atoms with Crippen LogP contribution in [0.4, 0.5) is 0 Å². The molecule has 1 aromatic heterocycles. The number of aryl methyl sites for hydroxylation is 2. The highest BCUT2D eigenvalue weighted by molar-refractivity contribution is 5.78. The van der Waals surface area contributed by atoms with Gasteiger partial charge in [0.15, 0.2) is 5.96 Å². The normalized spacial score (nSPS) is 16.3. The minimum Gasteiger partial charge on any atom is -0.370 e. The molecule has 0 spiro atoms. The van der Waals surface area contributed by atoms with Gasteiger partial charge in [-0.2, -0.15) is 15.0 Å². The second-order valence-corrected chi connectivity index (χ2v) is 4.44. The SMILES string of the molecule is CCn1nc(C)c(CN=C(N)N(C)C2CC2)n1. The Bertz CT molecular complexity index is 418. The van der Waals surface area contributed by atoms with Crippen LogP contribution in [0.5, 0.6) is 0 Å². The van der Waals surface area contributed by atoms with Crippen LogP contribution in [0.1, 0.15) is 31.2 Å². The topological polar surface area (TPSA) is 72.3 Å². The van der Waals surface area contributed by atoms with Gasteiger partial charge in [-0.15, -0.1) is 0 Å². The third-order valence-electron chi connectivity index (χ3n) is 3.05. The van der Waals surface area contributed by atoms with E-state index in [0.29, 0.717) is 18.5 Å². The Morgan fingerprint density at radius 2 is 2.24 bits per heavy atom. The standard InChI is InChI=1S/C11H20N6/c1-4-17-14-8(2)10(15-17)7-13-11(12)16(3)9-5-6-9/h9H,4-7H2,1-3H3,(H2,12,13). The molecule has 0 amide bonds. The zero-order valence-corrected chi connectivity index (χ0v) is 10.7. The van der Waals surface area contributed by atoms with E-state index in [1.807, 2.05) is 25.8 Å². The van der Waals surface area contributed by atoms with Gasteiger partial charge in [-0.3, -0.25) is 0 Å². The Morgan fingerprint density at radius 3 is 2.76 bits per heavy atom. The molecule has 17 heavy (non-hydrogen) atoms. The van der Waals surface area contributed by atoms with E-state index in [-0.39, 0.29) is 0 Å². The molecule has 0 aromatic carbocycles. The van der Waals surface area contributed by atoms with E-state index in [9.17, 15) is 0 Å². The second-order valence-electron chi connectivity index (χ2n) is 4.44. The number of rotatable bonds is 4. The summed E-state index contributed by atoms with van der Waals surface area (Å²) in [7, 11) is 1.99. The molecule has 0 unspecified atom stereocenters. The third kappa shape index (κ3) is 2.75. The number of hydrogen-bond acceptors (Lipinski definition) is 3. The Labute approximate surface area is 102 Å². The monoisotopic (exact) mass is 236 g/mol. The lowest BCUT2D eigenvalue weighted by Gasteiger charge is -2.16. The van der Waals surface area contributed by atoms with Gasteiger partial charge in [0.05, 0.1) is 18.8 Å². The predicted molar refractivity (Wildman–Crippen MR) is 66.5 cm³/mol. The van der Waals surface area contributed by atoms with E-state index in [2.05, 4.69) is 15.2 Å². The van der Waals surface area contributed by atoms with E-state index >= 15 is 0 Å². The quantitative estimate of drug-likeness (QED) is 0.611. The van der Waals surface area contributed by atoms with Crippen molar-refractivity contribution in [2.75, 3.05) is 7.05 Å². The van der Waals surface area contributed by atoms with Gasteiger partial charge in [0.2, 0.25) is 0 Å². The Balaban J connectivity index is 1.99. The van der Waals surface area contributed by atoms with Crippen molar-refractivity contribution in [1.82, 2.24) is 19.9 Å². The highest BCUT2D eigenvalue weighted by Gasteiger charge is 2.27. The zero-order valence-electron chi connectivity index (χ0n) is 10.7. The molecule has 2 N–H and O–H groups in total. The van der Waals surface area contributed by atoms with Crippen LogP contribution in [0, 0.1) is 6.92 Å². The Hall–Kier alpha value is -1.59. The highest BCUT2D eigenvalue weighted by Crippen LogP contribution is 2.24. The van der Waals surface area contributed by atoms with Crippen molar-refractivity contribution in [3.05, 3.63) is 11.4 Å². The molecular weight excluding hydrogens is 216 g/mol. The van der Waals surface area contributed by atoms with E-state index < -0.39 is 0 Å². The molecule has 0 saturated heterocycles. The van der Waals surface area contributed by atoms with Crippen molar-refractivity contribution in [3.8, 4) is 0 Å². The van der Waals surface area contributed by atoms with Gasteiger partial charge in [-0.05, 0) is 26.7 Å². The van der Waals surface area contributed by atoms with Crippen LogP contribution in [0.2, 0.25) is 0 Å². The summed E-state index contributed by atoms with van der Waals surface area (Å²) in [6.07, 6.45) is 2.44. The molecule has 1 heterocycles. The molecule has 94 valence electrons. The van der Waals surface area contributed by atoms with Crippen LogP contribution in [0.25, 0.3) is 0 Å². The molecule has 1 aromatic rings. The average Bonchev–Trinajstić information content (AvgIpc) is 3.10. The van der Waals surface area contributed by atoms with Gasteiger partial charge in [-0.1, -0.05) is 0 Å². The van der Waals surface area contributed by atoms with Gasteiger partial charge in [-0.25, -0.2) is 4.99 Å². The van der Waals surface area contributed by atoms with Gasteiger partial charge >= 0.3 is 0 Å². The molecule has 0 atom stereocenters. The minimum atomic E-state index is 0.509. The summed E-state index contributed by atoms with van der Waals surface area (Å²) in [4.78, 5) is 8.09. The van der Waals surface area contributed by atoms with Crippen LogP contribution in [-0.2, 0) is 13.1 Å². The van der Waals surface area contributed by atoms with E-state index in [0.717, 1.165) is 17.9 Å². The number of hydrogen-bond donors (Lipinski definition) is 1. The van der Waals surface area contributed by atoms with Crippen molar-refractivity contribution < 1.29 is 0 Å². The molecule has 0 bridgehead atoms. The van der Waals surface area contributed by atoms with Crippen LogP contribution >= 0.6 is 0 Å². The molecule has 6 heteroatoms. The molecule has 0 aliphatic heterocycles. The smallest absolute Gasteiger partial charge is 0.191 e. The zero-order chi connectivity index (χ0) is 12.4.